The molecule has 2 N–H and O–H groups in total. The van der Waals surface area contributed by atoms with Crippen LogP contribution in [0.15, 0.2) is 11.6 Å². The molecule has 0 spiro atoms. The molecule has 0 bridgehead atoms. The quantitative estimate of drug-likeness (QED) is 0.700. The maximum absolute atomic E-state index is 12.4. The molecule has 0 aromatic rings. The second kappa shape index (κ2) is 5.65. The third-order valence-corrected chi connectivity index (χ3v) is 8.57. The van der Waals surface area contributed by atoms with Crippen molar-refractivity contribution >= 4 is 11.8 Å². The third-order valence-electron chi connectivity index (χ3n) is 8.57. The van der Waals surface area contributed by atoms with Gasteiger partial charge in [-0.25, -0.2) is 4.79 Å². The van der Waals surface area contributed by atoms with E-state index in [0.29, 0.717) is 19.3 Å². The van der Waals surface area contributed by atoms with Crippen molar-refractivity contribution in [2.75, 3.05) is 7.11 Å². The van der Waals surface area contributed by atoms with Crippen LogP contribution < -0.4 is 0 Å². The number of aliphatic hydroxyl groups is 2. The highest BCUT2D eigenvalue weighted by molar-refractivity contribution is 5.91. The van der Waals surface area contributed by atoms with Gasteiger partial charge in [-0.3, -0.25) is 4.79 Å². The van der Waals surface area contributed by atoms with Crippen molar-refractivity contribution in [2.24, 2.45) is 28.6 Å². The van der Waals surface area contributed by atoms with Gasteiger partial charge in [0.25, 0.3) is 0 Å². The van der Waals surface area contributed by atoms with E-state index in [0.717, 1.165) is 25.7 Å². The van der Waals surface area contributed by atoms with E-state index in [2.05, 4.69) is 6.92 Å². The molecule has 3 saturated carbocycles. The van der Waals surface area contributed by atoms with Crippen LogP contribution in [0.1, 0.15) is 58.8 Å². The van der Waals surface area contributed by atoms with Crippen LogP contribution in [0.25, 0.3) is 0 Å². The summed E-state index contributed by atoms with van der Waals surface area (Å²) >= 11 is 0. The van der Waals surface area contributed by atoms with Gasteiger partial charge in [-0.05, 0) is 67.8 Å². The van der Waals surface area contributed by atoms with Crippen LogP contribution in [0.2, 0.25) is 0 Å². The number of carbonyl (C=O) groups excluding carboxylic acids is 2. The zero-order valence-corrected chi connectivity index (χ0v) is 16.0. The highest BCUT2D eigenvalue weighted by Crippen LogP contribution is 2.67. The summed E-state index contributed by atoms with van der Waals surface area (Å²) in [5, 5.41) is 22.4. The lowest BCUT2D eigenvalue weighted by Gasteiger charge is -2.60. The maximum atomic E-state index is 12.4. The van der Waals surface area contributed by atoms with Crippen LogP contribution >= 0.6 is 0 Å². The minimum absolute atomic E-state index is 0.0914. The number of carbonyl (C=O) groups is 2. The Kier molecular flexibility index (Phi) is 3.95. The predicted octanol–water partition coefficient (Wildman–Crippen LogP) is 2.39. The lowest BCUT2D eigenvalue weighted by atomic mass is 9.45. The number of ketones is 1. The molecule has 5 nitrogen and oxygen atoms in total. The standard InChI is InChI=1S/C21H30O5/c1-19-8-6-13(22)10-12(19)4-5-14-15-7-9-21(25,18(24)26-3)20(15,2)11-16(23)17(14)19/h10,14-17,23,25H,4-9,11H2,1-3H3/t14-,15-,16-,17+,19-,20-,21-/m0/s1. The summed E-state index contributed by atoms with van der Waals surface area (Å²) in [5.74, 6) is 0.175. The minimum Gasteiger partial charge on any atom is -0.467 e. The molecular weight excluding hydrogens is 332 g/mol. The number of esters is 1. The summed E-state index contributed by atoms with van der Waals surface area (Å²) in [6, 6.07) is 0. The van der Waals surface area contributed by atoms with Crippen LogP contribution in [-0.4, -0.2) is 40.8 Å². The fraction of sp³-hybridized carbons (Fsp3) is 0.810. The van der Waals surface area contributed by atoms with Gasteiger partial charge in [-0.15, -0.1) is 0 Å². The molecule has 0 aromatic carbocycles. The molecule has 4 rings (SSSR count). The van der Waals surface area contributed by atoms with Gasteiger partial charge < -0.3 is 14.9 Å². The van der Waals surface area contributed by atoms with Crippen LogP contribution in [0.4, 0.5) is 0 Å². The van der Waals surface area contributed by atoms with E-state index in [4.69, 9.17) is 4.74 Å². The van der Waals surface area contributed by atoms with Crippen LogP contribution in [0.5, 0.6) is 0 Å². The van der Waals surface area contributed by atoms with Gasteiger partial charge >= 0.3 is 5.97 Å². The molecule has 26 heavy (non-hydrogen) atoms. The molecule has 0 heterocycles. The van der Waals surface area contributed by atoms with Gasteiger partial charge in [0.05, 0.1) is 13.2 Å². The van der Waals surface area contributed by atoms with Crippen molar-refractivity contribution in [1.82, 2.24) is 0 Å². The number of hydrogen-bond donors (Lipinski definition) is 2. The number of fused-ring (bicyclic) bond motifs is 5. The van der Waals surface area contributed by atoms with Crippen LogP contribution in [-0.2, 0) is 14.3 Å². The molecule has 4 aliphatic rings. The molecule has 144 valence electrons. The van der Waals surface area contributed by atoms with Gasteiger partial charge in [-0.2, -0.15) is 0 Å². The Morgan fingerprint density at radius 2 is 1.96 bits per heavy atom. The second-order valence-electron chi connectivity index (χ2n) is 9.47. The molecule has 7 atom stereocenters. The second-order valence-corrected chi connectivity index (χ2v) is 9.47. The summed E-state index contributed by atoms with van der Waals surface area (Å²) in [5.41, 5.74) is -1.14. The first kappa shape index (κ1) is 18.2. The number of rotatable bonds is 1. The number of hydrogen-bond acceptors (Lipinski definition) is 5. The first-order valence-corrected chi connectivity index (χ1v) is 9.90. The molecule has 3 fully saturated rings. The Morgan fingerprint density at radius 1 is 1.23 bits per heavy atom. The van der Waals surface area contributed by atoms with Crippen LogP contribution in [0, 0.1) is 28.6 Å². The summed E-state index contributed by atoms with van der Waals surface area (Å²) < 4.78 is 4.92. The van der Waals surface area contributed by atoms with E-state index in [9.17, 15) is 19.8 Å². The Bertz CT molecular complexity index is 684. The van der Waals surface area contributed by atoms with Gasteiger partial charge in [0, 0.05) is 11.8 Å². The first-order chi connectivity index (χ1) is 12.2. The van der Waals surface area contributed by atoms with Gasteiger partial charge in [0.15, 0.2) is 11.4 Å². The summed E-state index contributed by atoms with van der Waals surface area (Å²) in [4.78, 5) is 24.3. The Morgan fingerprint density at radius 3 is 2.65 bits per heavy atom. The number of allylic oxidation sites excluding steroid dienone is 1. The van der Waals surface area contributed by atoms with E-state index >= 15 is 0 Å². The predicted molar refractivity (Wildman–Crippen MR) is 95.1 cm³/mol. The number of methoxy groups -OCH3 is 1. The van der Waals surface area contributed by atoms with E-state index in [1.807, 2.05) is 13.0 Å². The highest BCUT2D eigenvalue weighted by Gasteiger charge is 2.69. The molecule has 0 aliphatic heterocycles. The van der Waals surface area contributed by atoms with E-state index in [1.54, 1.807) is 0 Å². The molecule has 5 heteroatoms. The van der Waals surface area contributed by atoms with E-state index < -0.39 is 23.1 Å². The third kappa shape index (κ3) is 2.10. The zero-order valence-electron chi connectivity index (χ0n) is 16.0. The fourth-order valence-electron chi connectivity index (χ4n) is 7.20. The van der Waals surface area contributed by atoms with Crippen molar-refractivity contribution < 1.29 is 24.5 Å². The number of ether oxygens (including phenoxy) is 1. The average Bonchev–Trinajstić information content (AvgIpc) is 2.86. The van der Waals surface area contributed by atoms with E-state index in [-0.39, 0.29) is 29.0 Å². The van der Waals surface area contributed by atoms with Crippen molar-refractivity contribution in [1.29, 1.82) is 0 Å². The molecule has 0 radical (unpaired) electrons. The molecule has 0 amide bonds. The van der Waals surface area contributed by atoms with Crippen molar-refractivity contribution in [3.8, 4) is 0 Å². The zero-order chi connectivity index (χ0) is 18.9. The Hall–Kier alpha value is -1.20. The minimum atomic E-state index is -1.52. The van der Waals surface area contributed by atoms with E-state index in [1.165, 1.54) is 12.7 Å². The normalized spacial score (nSPS) is 50.3. The Balaban J connectivity index is 1.74. The molecule has 0 aromatic heterocycles. The largest absolute Gasteiger partial charge is 0.467 e. The Labute approximate surface area is 154 Å². The summed E-state index contributed by atoms with van der Waals surface area (Å²) in [6.45, 7) is 4.16. The average molecular weight is 362 g/mol. The van der Waals surface area contributed by atoms with Crippen molar-refractivity contribution in [3.05, 3.63) is 11.6 Å². The lowest BCUT2D eigenvalue weighted by molar-refractivity contribution is -0.197. The molecule has 4 aliphatic carbocycles. The van der Waals surface area contributed by atoms with Gasteiger partial charge in [0.2, 0.25) is 0 Å². The monoisotopic (exact) mass is 362 g/mol. The SMILES string of the molecule is COC(=O)[C@@]1(O)CC[C@H]2[C@@H]3CCC4=CC(=O)CC[C@]4(C)[C@H]3[C@@H](O)C[C@@]21C. The van der Waals surface area contributed by atoms with Crippen molar-refractivity contribution in [3.63, 3.8) is 0 Å². The van der Waals surface area contributed by atoms with Crippen LogP contribution in [0.3, 0.4) is 0 Å². The summed E-state index contributed by atoms with van der Waals surface area (Å²) in [6.07, 6.45) is 5.94. The molecule has 0 unspecified atom stereocenters. The number of aliphatic hydroxyl groups excluding tert-OH is 1. The van der Waals surface area contributed by atoms with Gasteiger partial charge in [0.1, 0.15) is 0 Å². The molecular formula is C21H30O5. The topological polar surface area (TPSA) is 83.8 Å². The molecule has 0 saturated heterocycles. The fourth-order valence-corrected chi connectivity index (χ4v) is 7.20. The first-order valence-electron chi connectivity index (χ1n) is 9.90. The lowest BCUT2D eigenvalue weighted by Crippen LogP contribution is -2.61. The highest BCUT2D eigenvalue weighted by atomic mass is 16.5. The van der Waals surface area contributed by atoms with Crippen molar-refractivity contribution in [2.45, 2.75) is 70.5 Å². The summed E-state index contributed by atoms with van der Waals surface area (Å²) in [7, 11) is 1.32. The van der Waals surface area contributed by atoms with Gasteiger partial charge in [-0.1, -0.05) is 19.4 Å². The maximum Gasteiger partial charge on any atom is 0.338 e. The smallest absolute Gasteiger partial charge is 0.338 e.